The molecule has 0 aromatic heterocycles. The summed E-state index contributed by atoms with van der Waals surface area (Å²) in [6.45, 7) is 23.6. The van der Waals surface area contributed by atoms with Gasteiger partial charge in [0.05, 0.1) is 5.60 Å². The number of ether oxygens (including phenoxy) is 1. The number of allylic oxidation sites excluding steroid dienone is 5. The molecule has 1 radical (unpaired) electrons. The molecule has 0 spiro atoms. The number of hydrogen-bond donors (Lipinski definition) is 0. The summed E-state index contributed by atoms with van der Waals surface area (Å²) in [5.41, 5.74) is 11.9. The fourth-order valence-electron chi connectivity index (χ4n) is 5.82. The Hall–Kier alpha value is -1.17. The summed E-state index contributed by atoms with van der Waals surface area (Å²) < 4.78 is 6.67. The summed E-state index contributed by atoms with van der Waals surface area (Å²) in [6.07, 6.45) is 4.69. The van der Waals surface area contributed by atoms with Gasteiger partial charge in [-0.25, -0.2) is 0 Å². The standard InChI is InChI=1S/C28H43OSi2/c1-19-20(2)22(4)26(21(19)3)31(10,18-29-28(5,6)7)27-24(15-16-30(8)9)17-23-13-11-12-14-25(23)27/h11-14,17,26-27H,15-16,18H2,1-10H3. The fourth-order valence-corrected chi connectivity index (χ4v) is 12.5. The lowest BCUT2D eigenvalue weighted by molar-refractivity contribution is 0.0211. The van der Waals surface area contributed by atoms with Crippen LogP contribution in [-0.2, 0) is 4.74 Å². The van der Waals surface area contributed by atoms with Gasteiger partial charge in [0.25, 0.3) is 0 Å². The van der Waals surface area contributed by atoms with Crippen molar-refractivity contribution in [3.63, 3.8) is 0 Å². The minimum absolute atomic E-state index is 0.114. The van der Waals surface area contributed by atoms with Gasteiger partial charge in [-0.1, -0.05) is 72.7 Å². The zero-order valence-corrected chi connectivity index (χ0v) is 23.6. The Kier molecular flexibility index (Phi) is 7.10. The summed E-state index contributed by atoms with van der Waals surface area (Å²) in [7, 11) is -2.23. The average Bonchev–Trinajstić information content (AvgIpc) is 3.16. The largest absolute Gasteiger partial charge is 0.379 e. The van der Waals surface area contributed by atoms with Gasteiger partial charge in [0.1, 0.15) is 8.07 Å². The molecule has 3 rings (SSSR count). The number of hydrogen-bond acceptors (Lipinski definition) is 1. The second kappa shape index (κ2) is 8.99. The Balaban J connectivity index is 2.15. The van der Waals surface area contributed by atoms with Gasteiger partial charge in [0.15, 0.2) is 0 Å². The smallest absolute Gasteiger partial charge is 0.103 e. The predicted octanol–water partition coefficient (Wildman–Crippen LogP) is 8.34. The van der Waals surface area contributed by atoms with Gasteiger partial charge < -0.3 is 4.74 Å². The van der Waals surface area contributed by atoms with Crippen LogP contribution in [0.4, 0.5) is 0 Å². The molecule has 0 heterocycles. The predicted molar refractivity (Wildman–Crippen MR) is 142 cm³/mol. The monoisotopic (exact) mass is 451 g/mol. The van der Waals surface area contributed by atoms with E-state index >= 15 is 0 Å². The van der Waals surface area contributed by atoms with Crippen LogP contribution in [0.5, 0.6) is 0 Å². The molecule has 2 aliphatic rings. The van der Waals surface area contributed by atoms with Crippen LogP contribution >= 0.6 is 0 Å². The summed E-state index contributed by atoms with van der Waals surface area (Å²) in [5.74, 6) is 0. The molecular formula is C28H43OSi2. The normalized spacial score (nSPS) is 21.8. The molecule has 2 unspecified atom stereocenters. The van der Waals surface area contributed by atoms with Gasteiger partial charge in [-0.15, -0.1) is 0 Å². The van der Waals surface area contributed by atoms with Crippen LogP contribution in [0.1, 0.15) is 71.6 Å². The van der Waals surface area contributed by atoms with Gasteiger partial charge in [-0.05, 0) is 82.7 Å². The van der Waals surface area contributed by atoms with E-state index in [4.69, 9.17) is 4.74 Å². The number of rotatable bonds is 7. The maximum absolute atomic E-state index is 6.67. The molecule has 0 saturated carbocycles. The second-order valence-corrected chi connectivity index (χ2v) is 18.8. The highest BCUT2D eigenvalue weighted by atomic mass is 28.3. The summed E-state index contributed by atoms with van der Waals surface area (Å²) in [4.78, 5) is 0. The molecule has 2 atom stereocenters. The first-order valence-electron chi connectivity index (χ1n) is 11.9. The molecule has 0 aliphatic heterocycles. The van der Waals surface area contributed by atoms with Crippen molar-refractivity contribution in [3.05, 3.63) is 63.3 Å². The first-order valence-corrected chi connectivity index (χ1v) is 17.5. The van der Waals surface area contributed by atoms with Crippen molar-refractivity contribution in [3.8, 4) is 0 Å². The van der Waals surface area contributed by atoms with Crippen LogP contribution < -0.4 is 0 Å². The molecule has 1 aromatic rings. The zero-order valence-electron chi connectivity index (χ0n) is 21.6. The van der Waals surface area contributed by atoms with Gasteiger partial charge in [0.2, 0.25) is 0 Å². The van der Waals surface area contributed by atoms with E-state index in [1.54, 1.807) is 22.3 Å². The van der Waals surface area contributed by atoms with Crippen molar-refractivity contribution in [2.75, 3.05) is 6.23 Å². The molecular weight excluding hydrogens is 408 g/mol. The third-order valence-corrected chi connectivity index (χ3v) is 13.9. The topological polar surface area (TPSA) is 9.23 Å². The molecule has 31 heavy (non-hydrogen) atoms. The van der Waals surface area contributed by atoms with E-state index in [0.29, 0.717) is 11.1 Å². The Labute approximate surface area is 194 Å². The third kappa shape index (κ3) is 4.79. The van der Waals surface area contributed by atoms with E-state index in [-0.39, 0.29) is 14.4 Å². The SMILES string of the molecule is CC1=C(C)C([Si](C)(COC(C)(C)C)C2C(CC[Si](C)C)=Cc3ccccc32)C(C)=C1C. The first-order chi connectivity index (χ1) is 14.4. The van der Waals surface area contributed by atoms with Gasteiger partial charge in [0, 0.05) is 20.6 Å². The van der Waals surface area contributed by atoms with E-state index < -0.39 is 8.07 Å². The van der Waals surface area contributed by atoms with Crippen molar-refractivity contribution in [2.45, 2.75) is 97.3 Å². The number of benzene rings is 1. The van der Waals surface area contributed by atoms with Gasteiger partial charge in [-0.2, -0.15) is 0 Å². The van der Waals surface area contributed by atoms with Crippen LogP contribution in [-0.4, -0.2) is 28.7 Å². The Morgan fingerprint density at radius 1 is 0.935 bits per heavy atom. The summed E-state index contributed by atoms with van der Waals surface area (Å²) in [5, 5.41) is 0. The molecule has 0 fully saturated rings. The lowest BCUT2D eigenvalue weighted by Gasteiger charge is -2.44. The van der Waals surface area contributed by atoms with E-state index in [9.17, 15) is 0 Å². The first kappa shape index (κ1) is 24.5. The van der Waals surface area contributed by atoms with E-state index in [0.717, 1.165) is 6.23 Å². The maximum Gasteiger partial charge on any atom is 0.103 e. The Bertz CT molecular complexity index is 905. The van der Waals surface area contributed by atoms with Crippen molar-refractivity contribution < 1.29 is 4.74 Å². The highest BCUT2D eigenvalue weighted by Gasteiger charge is 2.51. The van der Waals surface area contributed by atoms with E-state index in [2.05, 4.69) is 98.4 Å². The second-order valence-electron chi connectivity index (χ2n) is 11.4. The van der Waals surface area contributed by atoms with Crippen molar-refractivity contribution in [1.82, 2.24) is 0 Å². The molecule has 1 nitrogen and oxygen atoms in total. The average molecular weight is 452 g/mol. The molecule has 0 amide bonds. The highest BCUT2D eigenvalue weighted by molar-refractivity contribution is 6.83. The summed E-state index contributed by atoms with van der Waals surface area (Å²) >= 11 is 0. The number of fused-ring (bicyclic) bond motifs is 1. The van der Waals surface area contributed by atoms with E-state index in [1.165, 1.54) is 29.2 Å². The van der Waals surface area contributed by atoms with Crippen LogP contribution in [0.3, 0.4) is 0 Å². The van der Waals surface area contributed by atoms with Crippen molar-refractivity contribution in [2.24, 2.45) is 0 Å². The molecule has 0 bridgehead atoms. The molecule has 169 valence electrons. The van der Waals surface area contributed by atoms with Crippen molar-refractivity contribution >= 4 is 22.9 Å². The van der Waals surface area contributed by atoms with Crippen LogP contribution in [0.25, 0.3) is 6.08 Å². The lowest BCUT2D eigenvalue weighted by Crippen LogP contribution is -2.50. The van der Waals surface area contributed by atoms with Crippen LogP contribution in [0, 0.1) is 0 Å². The van der Waals surface area contributed by atoms with Crippen LogP contribution in [0.15, 0.2) is 52.1 Å². The Morgan fingerprint density at radius 2 is 1.52 bits per heavy atom. The lowest BCUT2D eigenvalue weighted by atomic mass is 10.1. The molecule has 0 N–H and O–H groups in total. The Morgan fingerprint density at radius 3 is 2.06 bits per heavy atom. The van der Waals surface area contributed by atoms with E-state index in [1.807, 2.05) is 0 Å². The molecule has 2 aliphatic carbocycles. The quantitative estimate of drug-likeness (QED) is 0.378. The third-order valence-electron chi connectivity index (χ3n) is 7.68. The zero-order chi connectivity index (χ0) is 23.1. The molecule has 0 saturated heterocycles. The maximum atomic E-state index is 6.67. The fraction of sp³-hybridized carbons (Fsp3) is 0.571. The molecule has 3 heteroatoms. The van der Waals surface area contributed by atoms with Gasteiger partial charge >= 0.3 is 0 Å². The summed E-state index contributed by atoms with van der Waals surface area (Å²) in [6, 6.07) is 10.5. The highest BCUT2D eigenvalue weighted by Crippen LogP contribution is 2.55. The molecule has 1 aromatic carbocycles. The minimum Gasteiger partial charge on any atom is -0.379 e. The minimum atomic E-state index is -1.98. The van der Waals surface area contributed by atoms with Crippen molar-refractivity contribution in [1.29, 1.82) is 0 Å². The van der Waals surface area contributed by atoms with Gasteiger partial charge in [-0.3, -0.25) is 0 Å². The van der Waals surface area contributed by atoms with Crippen LogP contribution in [0.2, 0.25) is 31.2 Å².